The predicted octanol–water partition coefficient (Wildman–Crippen LogP) is 3.35. The monoisotopic (exact) mass is 261 g/mol. The van der Waals surface area contributed by atoms with Crippen molar-refractivity contribution >= 4 is 5.91 Å². The molecule has 1 heterocycles. The van der Waals surface area contributed by atoms with E-state index < -0.39 is 0 Å². The molecule has 19 heavy (non-hydrogen) atoms. The summed E-state index contributed by atoms with van der Waals surface area (Å²) < 4.78 is 0. The number of carbonyl (C=O) groups is 1. The molecule has 1 saturated heterocycles. The van der Waals surface area contributed by atoms with Crippen molar-refractivity contribution in [3.8, 4) is 5.75 Å². The molecule has 0 aromatic heterocycles. The average molecular weight is 261 g/mol. The summed E-state index contributed by atoms with van der Waals surface area (Å²) in [5.74, 6) is 0.329. The lowest BCUT2D eigenvalue weighted by atomic mass is 9.78. The molecule has 0 atom stereocenters. The number of phenols is 1. The van der Waals surface area contributed by atoms with Crippen molar-refractivity contribution in [1.82, 2.24) is 4.90 Å². The molecular weight excluding hydrogens is 238 g/mol. The van der Waals surface area contributed by atoms with Gasteiger partial charge in [0.05, 0.1) is 0 Å². The topological polar surface area (TPSA) is 40.5 Å². The lowest BCUT2D eigenvalue weighted by Crippen LogP contribution is -2.41. The smallest absolute Gasteiger partial charge is 0.253 e. The van der Waals surface area contributed by atoms with Crippen molar-refractivity contribution in [3.05, 3.63) is 29.3 Å². The number of rotatable bonds is 2. The average Bonchev–Trinajstić information content (AvgIpc) is 2.42. The zero-order chi connectivity index (χ0) is 14.0. The third-order valence-electron chi connectivity index (χ3n) is 4.56. The highest BCUT2D eigenvalue weighted by Gasteiger charge is 2.30. The largest absolute Gasteiger partial charge is 0.508 e. The Hall–Kier alpha value is -1.51. The molecule has 1 amide bonds. The van der Waals surface area contributed by atoms with Gasteiger partial charge in [0, 0.05) is 18.7 Å². The molecule has 1 aromatic carbocycles. The van der Waals surface area contributed by atoms with Gasteiger partial charge in [-0.15, -0.1) is 0 Å². The highest BCUT2D eigenvalue weighted by molar-refractivity contribution is 5.94. The Morgan fingerprint density at radius 2 is 2.00 bits per heavy atom. The second-order valence-corrected chi connectivity index (χ2v) is 5.96. The summed E-state index contributed by atoms with van der Waals surface area (Å²) in [6.07, 6.45) is 3.33. The summed E-state index contributed by atoms with van der Waals surface area (Å²) in [5, 5.41) is 9.51. The fraction of sp³-hybridized carbons (Fsp3) is 0.562. The molecular formula is C16H23NO2. The molecule has 0 bridgehead atoms. The summed E-state index contributed by atoms with van der Waals surface area (Å²) in [5.41, 5.74) is 1.82. The highest BCUT2D eigenvalue weighted by atomic mass is 16.3. The zero-order valence-corrected chi connectivity index (χ0v) is 12.1. The SMILES string of the molecule is CCC1(C)CCN(C(=O)c2ccc(O)c(C)c2)CC1. The van der Waals surface area contributed by atoms with Crippen molar-refractivity contribution in [2.75, 3.05) is 13.1 Å². The molecule has 1 fully saturated rings. The van der Waals surface area contributed by atoms with Gasteiger partial charge in [-0.3, -0.25) is 4.79 Å². The number of likely N-dealkylation sites (tertiary alicyclic amines) is 1. The molecule has 2 rings (SSSR count). The number of carbonyl (C=O) groups excluding carboxylic acids is 1. The normalized spacial score (nSPS) is 18.4. The van der Waals surface area contributed by atoms with Gasteiger partial charge in [-0.2, -0.15) is 0 Å². The quantitative estimate of drug-likeness (QED) is 0.887. The number of amides is 1. The van der Waals surface area contributed by atoms with E-state index in [0.29, 0.717) is 11.0 Å². The van der Waals surface area contributed by atoms with E-state index in [0.717, 1.165) is 31.5 Å². The van der Waals surface area contributed by atoms with Gasteiger partial charge in [0.2, 0.25) is 0 Å². The molecule has 0 unspecified atom stereocenters. The van der Waals surface area contributed by atoms with Crippen molar-refractivity contribution in [2.24, 2.45) is 5.41 Å². The first-order chi connectivity index (χ1) is 8.95. The Balaban J connectivity index is 2.07. The minimum atomic E-state index is 0.0845. The van der Waals surface area contributed by atoms with Crippen molar-refractivity contribution in [3.63, 3.8) is 0 Å². The van der Waals surface area contributed by atoms with Crippen molar-refractivity contribution < 1.29 is 9.90 Å². The molecule has 0 saturated carbocycles. The Morgan fingerprint density at radius 3 is 2.53 bits per heavy atom. The molecule has 1 aliphatic rings. The van der Waals surface area contributed by atoms with Crippen LogP contribution in [0.2, 0.25) is 0 Å². The number of hydrogen-bond acceptors (Lipinski definition) is 2. The second kappa shape index (κ2) is 5.24. The van der Waals surface area contributed by atoms with Crippen LogP contribution in [0.25, 0.3) is 0 Å². The first-order valence-electron chi connectivity index (χ1n) is 7.04. The maximum Gasteiger partial charge on any atom is 0.253 e. The number of nitrogens with zero attached hydrogens (tertiary/aromatic N) is 1. The lowest BCUT2D eigenvalue weighted by Gasteiger charge is -2.39. The van der Waals surface area contributed by atoms with Gasteiger partial charge in [0.1, 0.15) is 5.75 Å². The zero-order valence-electron chi connectivity index (χ0n) is 12.1. The maximum atomic E-state index is 12.4. The molecule has 3 heteroatoms. The van der Waals surface area contributed by atoms with Gasteiger partial charge in [0.15, 0.2) is 0 Å². The van der Waals surface area contributed by atoms with Crippen LogP contribution in [0.3, 0.4) is 0 Å². The van der Waals surface area contributed by atoms with Crippen LogP contribution in [-0.4, -0.2) is 29.0 Å². The van der Waals surface area contributed by atoms with Gasteiger partial charge in [-0.05, 0) is 48.9 Å². The van der Waals surface area contributed by atoms with Crippen molar-refractivity contribution in [2.45, 2.75) is 40.0 Å². The van der Waals surface area contributed by atoms with Crippen LogP contribution >= 0.6 is 0 Å². The van der Waals surface area contributed by atoms with Gasteiger partial charge >= 0.3 is 0 Å². The lowest BCUT2D eigenvalue weighted by molar-refractivity contribution is 0.0600. The van der Waals surface area contributed by atoms with Crippen LogP contribution < -0.4 is 0 Å². The summed E-state index contributed by atoms with van der Waals surface area (Å²) in [4.78, 5) is 14.3. The Labute approximate surface area is 115 Å². The van der Waals surface area contributed by atoms with Crippen LogP contribution in [0.5, 0.6) is 5.75 Å². The predicted molar refractivity (Wildman–Crippen MR) is 76.4 cm³/mol. The Kier molecular flexibility index (Phi) is 3.83. The fourth-order valence-corrected chi connectivity index (χ4v) is 2.57. The summed E-state index contributed by atoms with van der Waals surface area (Å²) >= 11 is 0. The molecule has 0 radical (unpaired) electrons. The van der Waals surface area contributed by atoms with E-state index in [1.807, 2.05) is 11.8 Å². The van der Waals surface area contributed by atoms with E-state index in [-0.39, 0.29) is 11.7 Å². The number of hydrogen-bond donors (Lipinski definition) is 1. The van der Waals surface area contributed by atoms with Crippen LogP contribution in [0.4, 0.5) is 0 Å². The van der Waals surface area contributed by atoms with E-state index in [2.05, 4.69) is 13.8 Å². The molecule has 1 aromatic rings. The van der Waals surface area contributed by atoms with Crippen LogP contribution in [0.1, 0.15) is 49.0 Å². The van der Waals surface area contributed by atoms with Crippen LogP contribution in [0.15, 0.2) is 18.2 Å². The summed E-state index contributed by atoms with van der Waals surface area (Å²) in [6, 6.07) is 5.08. The first kappa shape index (κ1) is 13.9. The number of benzene rings is 1. The first-order valence-corrected chi connectivity index (χ1v) is 7.04. The molecule has 1 N–H and O–H groups in total. The third-order valence-corrected chi connectivity index (χ3v) is 4.56. The van der Waals surface area contributed by atoms with Crippen LogP contribution in [0, 0.1) is 12.3 Å². The Morgan fingerprint density at radius 1 is 1.37 bits per heavy atom. The molecule has 0 aliphatic carbocycles. The molecule has 104 valence electrons. The standard InChI is InChI=1S/C16H23NO2/c1-4-16(3)7-9-17(10-8-16)15(19)13-5-6-14(18)12(2)11-13/h5-6,11,18H,4,7-10H2,1-3H3. The highest BCUT2D eigenvalue weighted by Crippen LogP contribution is 2.34. The number of piperidine rings is 1. The second-order valence-electron chi connectivity index (χ2n) is 5.96. The van der Waals surface area contributed by atoms with Gasteiger partial charge in [-0.1, -0.05) is 20.3 Å². The van der Waals surface area contributed by atoms with Crippen LogP contribution in [-0.2, 0) is 0 Å². The molecule has 0 spiro atoms. The summed E-state index contributed by atoms with van der Waals surface area (Å²) in [6.45, 7) is 8.02. The number of phenolic OH excluding ortho intramolecular Hbond substituents is 1. The summed E-state index contributed by atoms with van der Waals surface area (Å²) in [7, 11) is 0. The van der Waals surface area contributed by atoms with Gasteiger partial charge in [0.25, 0.3) is 5.91 Å². The van der Waals surface area contributed by atoms with E-state index >= 15 is 0 Å². The molecule has 3 nitrogen and oxygen atoms in total. The number of aryl methyl sites for hydroxylation is 1. The van der Waals surface area contributed by atoms with E-state index in [4.69, 9.17) is 0 Å². The minimum absolute atomic E-state index is 0.0845. The van der Waals surface area contributed by atoms with Gasteiger partial charge < -0.3 is 10.0 Å². The molecule has 1 aliphatic heterocycles. The van der Waals surface area contributed by atoms with E-state index in [1.165, 1.54) is 6.42 Å². The van der Waals surface area contributed by atoms with E-state index in [9.17, 15) is 9.90 Å². The maximum absolute atomic E-state index is 12.4. The fourth-order valence-electron chi connectivity index (χ4n) is 2.57. The van der Waals surface area contributed by atoms with Gasteiger partial charge in [-0.25, -0.2) is 0 Å². The third kappa shape index (κ3) is 2.91. The minimum Gasteiger partial charge on any atom is -0.508 e. The van der Waals surface area contributed by atoms with Crippen molar-refractivity contribution in [1.29, 1.82) is 0 Å². The van der Waals surface area contributed by atoms with E-state index in [1.54, 1.807) is 18.2 Å². The Bertz CT molecular complexity index is 474. The number of aromatic hydroxyl groups is 1.